The number of phenols is 1. The summed E-state index contributed by atoms with van der Waals surface area (Å²) in [6, 6.07) is 6.23. The number of benzene rings is 1. The van der Waals surface area contributed by atoms with Gasteiger partial charge in [0.15, 0.2) is 0 Å². The first-order valence-corrected chi connectivity index (χ1v) is 7.30. The fourth-order valence-electron chi connectivity index (χ4n) is 2.00. The lowest BCUT2D eigenvalue weighted by atomic mass is 10.1. The molecule has 0 aliphatic heterocycles. The highest BCUT2D eigenvalue weighted by Crippen LogP contribution is 2.11. The van der Waals surface area contributed by atoms with E-state index in [0.717, 1.165) is 18.4 Å². The lowest BCUT2D eigenvalue weighted by Gasteiger charge is -2.12. The van der Waals surface area contributed by atoms with Crippen LogP contribution < -0.4 is 11.1 Å². The summed E-state index contributed by atoms with van der Waals surface area (Å²) < 4.78 is 0. The van der Waals surface area contributed by atoms with Crippen molar-refractivity contribution >= 4 is 5.91 Å². The summed E-state index contributed by atoms with van der Waals surface area (Å²) in [6.07, 6.45) is 3.80. The van der Waals surface area contributed by atoms with E-state index in [1.54, 1.807) is 24.3 Å². The number of nitrogens with one attached hydrogen (secondary N) is 1. The molecular weight excluding hydrogens is 252 g/mol. The Hall–Kier alpha value is -1.55. The Balaban J connectivity index is 2.23. The molecule has 0 spiro atoms. The smallest absolute Gasteiger partial charge is 0.237 e. The molecule has 4 N–H and O–H groups in total. The molecule has 0 bridgehead atoms. The molecule has 112 valence electrons. The van der Waals surface area contributed by atoms with E-state index in [1.807, 2.05) is 0 Å². The fraction of sp³-hybridized carbons (Fsp3) is 0.562. The van der Waals surface area contributed by atoms with Gasteiger partial charge in [0, 0.05) is 6.54 Å². The van der Waals surface area contributed by atoms with Gasteiger partial charge in [-0.3, -0.25) is 4.79 Å². The Morgan fingerprint density at radius 1 is 1.25 bits per heavy atom. The number of hydrogen-bond donors (Lipinski definition) is 3. The monoisotopic (exact) mass is 278 g/mol. The Labute approximate surface area is 121 Å². The van der Waals surface area contributed by atoms with Crippen LogP contribution in [-0.2, 0) is 11.2 Å². The van der Waals surface area contributed by atoms with Crippen LogP contribution in [0.2, 0.25) is 0 Å². The van der Waals surface area contributed by atoms with Crippen molar-refractivity contribution in [2.75, 3.05) is 6.54 Å². The lowest BCUT2D eigenvalue weighted by molar-refractivity contribution is -0.122. The average Bonchev–Trinajstić information content (AvgIpc) is 2.40. The summed E-state index contributed by atoms with van der Waals surface area (Å²) in [7, 11) is 0. The van der Waals surface area contributed by atoms with Crippen LogP contribution in [0.1, 0.15) is 38.7 Å². The third-order valence-electron chi connectivity index (χ3n) is 3.24. The van der Waals surface area contributed by atoms with Crippen molar-refractivity contribution in [3.63, 3.8) is 0 Å². The van der Waals surface area contributed by atoms with Crippen LogP contribution in [0.15, 0.2) is 24.3 Å². The van der Waals surface area contributed by atoms with Gasteiger partial charge in [-0.25, -0.2) is 0 Å². The second-order valence-corrected chi connectivity index (χ2v) is 5.66. The van der Waals surface area contributed by atoms with Gasteiger partial charge >= 0.3 is 0 Å². The minimum absolute atomic E-state index is 0.109. The fourth-order valence-corrected chi connectivity index (χ4v) is 2.00. The molecule has 0 saturated carbocycles. The number of amides is 1. The normalized spacial score (nSPS) is 12.4. The van der Waals surface area contributed by atoms with Crippen LogP contribution >= 0.6 is 0 Å². The Morgan fingerprint density at radius 3 is 2.50 bits per heavy atom. The lowest BCUT2D eigenvalue weighted by Crippen LogP contribution is -2.42. The van der Waals surface area contributed by atoms with E-state index < -0.39 is 6.04 Å². The van der Waals surface area contributed by atoms with Crippen LogP contribution in [0.3, 0.4) is 0 Å². The van der Waals surface area contributed by atoms with E-state index in [2.05, 4.69) is 19.2 Å². The molecule has 0 fully saturated rings. The van der Waals surface area contributed by atoms with Crippen molar-refractivity contribution in [1.29, 1.82) is 0 Å². The van der Waals surface area contributed by atoms with Gasteiger partial charge in [0.2, 0.25) is 5.91 Å². The number of carbonyl (C=O) groups is 1. The van der Waals surface area contributed by atoms with E-state index in [1.165, 1.54) is 6.42 Å². The minimum atomic E-state index is -0.537. The Kier molecular flexibility index (Phi) is 7.09. The molecule has 0 aliphatic rings. The maximum absolute atomic E-state index is 11.8. The van der Waals surface area contributed by atoms with E-state index >= 15 is 0 Å². The van der Waals surface area contributed by atoms with Crippen LogP contribution in [-0.4, -0.2) is 23.6 Å². The van der Waals surface area contributed by atoms with E-state index in [-0.39, 0.29) is 11.7 Å². The Morgan fingerprint density at radius 2 is 1.90 bits per heavy atom. The average molecular weight is 278 g/mol. The molecule has 1 atom stereocenters. The van der Waals surface area contributed by atoms with Crippen LogP contribution in [0.4, 0.5) is 0 Å². The molecular formula is C16H26N2O2. The number of rotatable bonds is 8. The topological polar surface area (TPSA) is 75.4 Å². The van der Waals surface area contributed by atoms with E-state index in [9.17, 15) is 9.90 Å². The van der Waals surface area contributed by atoms with Gasteiger partial charge in [-0.15, -0.1) is 0 Å². The molecule has 0 radical (unpaired) electrons. The van der Waals surface area contributed by atoms with Crippen molar-refractivity contribution in [2.45, 2.75) is 45.6 Å². The summed E-state index contributed by atoms with van der Waals surface area (Å²) in [6.45, 7) is 5.09. The molecule has 0 saturated heterocycles. The van der Waals surface area contributed by atoms with Crippen molar-refractivity contribution in [3.05, 3.63) is 29.8 Å². The number of hydrogen-bond acceptors (Lipinski definition) is 3. The first kappa shape index (κ1) is 16.5. The van der Waals surface area contributed by atoms with Gasteiger partial charge in [-0.1, -0.05) is 38.8 Å². The molecule has 0 heterocycles. The summed E-state index contributed by atoms with van der Waals surface area (Å²) in [5.74, 6) is 0.821. The predicted octanol–water partition coefficient (Wildman–Crippen LogP) is 2.20. The molecule has 4 heteroatoms. The van der Waals surface area contributed by atoms with Crippen molar-refractivity contribution < 1.29 is 9.90 Å². The van der Waals surface area contributed by atoms with Gasteiger partial charge < -0.3 is 16.2 Å². The van der Waals surface area contributed by atoms with Gasteiger partial charge in [0.25, 0.3) is 0 Å². The largest absolute Gasteiger partial charge is 0.508 e. The maximum Gasteiger partial charge on any atom is 0.237 e. The number of nitrogens with two attached hydrogens (primary N) is 1. The number of aromatic hydroxyl groups is 1. The highest BCUT2D eigenvalue weighted by atomic mass is 16.3. The summed E-state index contributed by atoms with van der Waals surface area (Å²) in [5, 5.41) is 12.1. The van der Waals surface area contributed by atoms with Gasteiger partial charge in [-0.05, 0) is 36.5 Å². The third kappa shape index (κ3) is 6.57. The standard InChI is InChI=1S/C16H26N2O2/c1-12(2)5-3-4-10-18-16(20)15(17)11-13-6-8-14(19)9-7-13/h6-9,12,15,19H,3-5,10-11,17H2,1-2H3,(H,18,20)/t15-/m1/s1. The summed E-state index contributed by atoms with van der Waals surface area (Å²) in [5.41, 5.74) is 6.83. The number of phenolic OH excluding ortho intramolecular Hbond substituents is 1. The van der Waals surface area contributed by atoms with Gasteiger partial charge in [-0.2, -0.15) is 0 Å². The first-order valence-electron chi connectivity index (χ1n) is 7.30. The van der Waals surface area contributed by atoms with Crippen LogP contribution in [0, 0.1) is 5.92 Å². The third-order valence-corrected chi connectivity index (χ3v) is 3.24. The van der Waals surface area contributed by atoms with Gasteiger partial charge in [0.1, 0.15) is 5.75 Å². The zero-order chi connectivity index (χ0) is 15.0. The van der Waals surface area contributed by atoms with Crippen LogP contribution in [0.5, 0.6) is 5.75 Å². The molecule has 1 rings (SSSR count). The van der Waals surface area contributed by atoms with Crippen LogP contribution in [0.25, 0.3) is 0 Å². The summed E-state index contributed by atoms with van der Waals surface area (Å²) in [4.78, 5) is 11.8. The SMILES string of the molecule is CC(C)CCCCNC(=O)[C@H](N)Cc1ccc(O)cc1. The second kappa shape index (κ2) is 8.59. The molecule has 1 aromatic rings. The molecule has 0 aromatic heterocycles. The predicted molar refractivity (Wildman–Crippen MR) is 81.5 cm³/mol. The molecule has 4 nitrogen and oxygen atoms in total. The van der Waals surface area contributed by atoms with Crippen molar-refractivity contribution in [1.82, 2.24) is 5.32 Å². The van der Waals surface area contributed by atoms with Crippen molar-refractivity contribution in [2.24, 2.45) is 11.7 Å². The minimum Gasteiger partial charge on any atom is -0.508 e. The molecule has 20 heavy (non-hydrogen) atoms. The molecule has 0 aliphatic carbocycles. The first-order chi connectivity index (χ1) is 9.49. The highest BCUT2D eigenvalue weighted by Gasteiger charge is 2.13. The Bertz CT molecular complexity index is 401. The van der Waals surface area contributed by atoms with Gasteiger partial charge in [0.05, 0.1) is 6.04 Å². The second-order valence-electron chi connectivity index (χ2n) is 5.66. The zero-order valence-corrected chi connectivity index (χ0v) is 12.4. The molecule has 0 unspecified atom stereocenters. The summed E-state index contributed by atoms with van der Waals surface area (Å²) >= 11 is 0. The number of carbonyl (C=O) groups excluding carboxylic acids is 1. The zero-order valence-electron chi connectivity index (χ0n) is 12.4. The molecule has 1 aromatic carbocycles. The quantitative estimate of drug-likeness (QED) is 0.638. The maximum atomic E-state index is 11.8. The highest BCUT2D eigenvalue weighted by molar-refractivity contribution is 5.81. The van der Waals surface area contributed by atoms with Crippen molar-refractivity contribution in [3.8, 4) is 5.75 Å². The molecule has 1 amide bonds. The van der Waals surface area contributed by atoms with E-state index in [4.69, 9.17) is 5.73 Å². The van der Waals surface area contributed by atoms with E-state index in [0.29, 0.717) is 18.9 Å². The number of unbranched alkanes of at least 4 members (excludes halogenated alkanes) is 1.